The smallest absolute Gasteiger partial charge is 0.159 e. The molecule has 0 amide bonds. The lowest BCUT2D eigenvalue weighted by Crippen LogP contribution is -1.93. The SMILES string of the molecule is CC(=O)c1ccc(-c2ccc(C)cc2CO)cc1. The monoisotopic (exact) mass is 240 g/mol. The number of carbonyl (C=O) groups is 1. The molecular formula is C16H16O2. The quantitative estimate of drug-likeness (QED) is 0.835. The van der Waals surface area contributed by atoms with E-state index in [2.05, 4.69) is 0 Å². The van der Waals surface area contributed by atoms with Gasteiger partial charge in [0, 0.05) is 5.56 Å². The average Bonchev–Trinajstić information content (AvgIpc) is 2.38. The van der Waals surface area contributed by atoms with Gasteiger partial charge in [-0.2, -0.15) is 0 Å². The minimum Gasteiger partial charge on any atom is -0.392 e. The van der Waals surface area contributed by atoms with Crippen LogP contribution in [0, 0.1) is 6.92 Å². The number of hydrogen-bond donors (Lipinski definition) is 1. The highest BCUT2D eigenvalue weighted by atomic mass is 16.3. The molecular weight excluding hydrogens is 224 g/mol. The van der Waals surface area contributed by atoms with Crippen LogP contribution in [0.1, 0.15) is 28.4 Å². The minimum atomic E-state index is 0.0193. The first kappa shape index (κ1) is 12.5. The standard InChI is InChI=1S/C16H16O2/c1-11-3-8-16(15(9-11)10-17)14-6-4-13(5-7-14)12(2)18/h3-9,17H,10H2,1-2H3. The number of aliphatic hydroxyl groups is 1. The Kier molecular flexibility index (Phi) is 3.58. The Morgan fingerprint density at radius 3 is 2.33 bits per heavy atom. The van der Waals surface area contributed by atoms with Crippen molar-refractivity contribution in [3.8, 4) is 11.1 Å². The van der Waals surface area contributed by atoms with Gasteiger partial charge in [0.15, 0.2) is 5.78 Å². The van der Waals surface area contributed by atoms with Gasteiger partial charge in [-0.1, -0.05) is 48.0 Å². The summed E-state index contributed by atoms with van der Waals surface area (Å²) < 4.78 is 0. The Hall–Kier alpha value is -1.93. The number of ketones is 1. The largest absolute Gasteiger partial charge is 0.392 e. The lowest BCUT2D eigenvalue weighted by molar-refractivity contribution is 0.101. The zero-order chi connectivity index (χ0) is 13.1. The van der Waals surface area contributed by atoms with Gasteiger partial charge < -0.3 is 5.11 Å². The number of Topliss-reactive ketones (excluding diaryl/α,β-unsaturated/α-hetero) is 1. The molecule has 2 nitrogen and oxygen atoms in total. The molecule has 0 spiro atoms. The van der Waals surface area contributed by atoms with Gasteiger partial charge in [-0.3, -0.25) is 4.79 Å². The summed E-state index contributed by atoms with van der Waals surface area (Å²) >= 11 is 0. The van der Waals surface area contributed by atoms with Crippen molar-refractivity contribution < 1.29 is 9.90 Å². The number of benzene rings is 2. The molecule has 2 aromatic rings. The van der Waals surface area contributed by atoms with Gasteiger partial charge in [0.25, 0.3) is 0 Å². The van der Waals surface area contributed by atoms with Gasteiger partial charge in [-0.25, -0.2) is 0 Å². The molecule has 0 unspecified atom stereocenters. The fraction of sp³-hybridized carbons (Fsp3) is 0.188. The number of hydrogen-bond acceptors (Lipinski definition) is 2. The summed E-state index contributed by atoms with van der Waals surface area (Å²) in [6, 6.07) is 13.5. The summed E-state index contributed by atoms with van der Waals surface area (Å²) in [6.07, 6.45) is 0. The predicted molar refractivity (Wildman–Crippen MR) is 72.5 cm³/mol. The van der Waals surface area contributed by atoms with E-state index in [9.17, 15) is 9.90 Å². The van der Waals surface area contributed by atoms with Crippen molar-refractivity contribution in [3.05, 3.63) is 59.2 Å². The van der Waals surface area contributed by atoms with E-state index >= 15 is 0 Å². The second kappa shape index (κ2) is 5.15. The molecule has 0 atom stereocenters. The highest BCUT2D eigenvalue weighted by molar-refractivity contribution is 5.94. The number of aryl methyl sites for hydroxylation is 1. The maximum absolute atomic E-state index is 11.2. The molecule has 0 saturated heterocycles. The first-order valence-corrected chi connectivity index (χ1v) is 5.93. The lowest BCUT2D eigenvalue weighted by atomic mass is 9.97. The van der Waals surface area contributed by atoms with Crippen molar-refractivity contribution in [2.45, 2.75) is 20.5 Å². The van der Waals surface area contributed by atoms with Crippen LogP contribution in [0.4, 0.5) is 0 Å². The second-order valence-electron chi connectivity index (χ2n) is 4.45. The zero-order valence-electron chi connectivity index (χ0n) is 10.6. The molecule has 92 valence electrons. The summed E-state index contributed by atoms with van der Waals surface area (Å²) in [5, 5.41) is 9.39. The molecule has 0 saturated carbocycles. The summed E-state index contributed by atoms with van der Waals surface area (Å²) in [7, 11) is 0. The summed E-state index contributed by atoms with van der Waals surface area (Å²) in [5.74, 6) is 0.0628. The van der Waals surface area contributed by atoms with Crippen molar-refractivity contribution in [1.29, 1.82) is 0 Å². The Morgan fingerprint density at radius 1 is 1.11 bits per heavy atom. The van der Waals surface area contributed by atoms with Crippen LogP contribution in [-0.2, 0) is 6.61 Å². The molecule has 18 heavy (non-hydrogen) atoms. The van der Waals surface area contributed by atoms with E-state index in [1.54, 1.807) is 6.92 Å². The third-order valence-electron chi connectivity index (χ3n) is 3.03. The van der Waals surface area contributed by atoms with Crippen LogP contribution in [0.3, 0.4) is 0 Å². The second-order valence-corrected chi connectivity index (χ2v) is 4.45. The van der Waals surface area contributed by atoms with Crippen molar-refractivity contribution in [2.75, 3.05) is 0 Å². The van der Waals surface area contributed by atoms with Gasteiger partial charge >= 0.3 is 0 Å². The molecule has 0 aliphatic rings. The van der Waals surface area contributed by atoms with Gasteiger partial charge in [0.1, 0.15) is 0 Å². The Balaban J connectivity index is 2.45. The van der Waals surface area contributed by atoms with E-state index in [1.807, 2.05) is 49.4 Å². The molecule has 0 heterocycles. The maximum atomic E-state index is 11.2. The Bertz CT molecular complexity index is 568. The number of rotatable bonds is 3. The first-order chi connectivity index (χ1) is 8.61. The van der Waals surface area contributed by atoms with Gasteiger partial charge in [0.05, 0.1) is 6.61 Å². The number of carbonyl (C=O) groups excluding carboxylic acids is 1. The Labute approximate surface area is 107 Å². The van der Waals surface area contributed by atoms with Crippen LogP contribution >= 0.6 is 0 Å². The van der Waals surface area contributed by atoms with Gasteiger partial charge in [-0.15, -0.1) is 0 Å². The molecule has 2 heteroatoms. The summed E-state index contributed by atoms with van der Waals surface area (Å²) in [6.45, 7) is 3.58. The molecule has 0 aliphatic carbocycles. The zero-order valence-corrected chi connectivity index (χ0v) is 10.6. The lowest BCUT2D eigenvalue weighted by Gasteiger charge is -2.09. The predicted octanol–water partition coefficient (Wildman–Crippen LogP) is 3.36. The highest BCUT2D eigenvalue weighted by Gasteiger charge is 2.05. The fourth-order valence-corrected chi connectivity index (χ4v) is 2.02. The maximum Gasteiger partial charge on any atom is 0.159 e. The molecule has 0 fully saturated rings. The normalized spacial score (nSPS) is 10.4. The summed E-state index contributed by atoms with van der Waals surface area (Å²) in [4.78, 5) is 11.2. The third-order valence-corrected chi connectivity index (χ3v) is 3.03. The Morgan fingerprint density at radius 2 is 1.78 bits per heavy atom. The molecule has 2 rings (SSSR count). The minimum absolute atomic E-state index is 0.0193. The van der Waals surface area contributed by atoms with Gasteiger partial charge in [0.2, 0.25) is 0 Å². The fourth-order valence-electron chi connectivity index (χ4n) is 2.02. The van der Waals surface area contributed by atoms with E-state index in [4.69, 9.17) is 0 Å². The van der Waals surface area contributed by atoms with Crippen LogP contribution < -0.4 is 0 Å². The molecule has 0 bridgehead atoms. The topological polar surface area (TPSA) is 37.3 Å². The third kappa shape index (κ3) is 2.49. The van der Waals surface area contributed by atoms with Crippen LogP contribution in [-0.4, -0.2) is 10.9 Å². The average molecular weight is 240 g/mol. The van der Waals surface area contributed by atoms with E-state index in [1.165, 1.54) is 0 Å². The van der Waals surface area contributed by atoms with Crippen LogP contribution in [0.15, 0.2) is 42.5 Å². The van der Waals surface area contributed by atoms with Gasteiger partial charge in [-0.05, 0) is 30.5 Å². The van der Waals surface area contributed by atoms with E-state index in [0.717, 1.165) is 22.3 Å². The summed E-state index contributed by atoms with van der Waals surface area (Å²) in [5.41, 5.74) is 4.77. The van der Waals surface area contributed by atoms with E-state index in [0.29, 0.717) is 5.56 Å². The van der Waals surface area contributed by atoms with Crippen molar-refractivity contribution in [2.24, 2.45) is 0 Å². The highest BCUT2D eigenvalue weighted by Crippen LogP contribution is 2.25. The number of aliphatic hydroxyl groups excluding tert-OH is 1. The molecule has 1 N–H and O–H groups in total. The molecule has 0 aromatic heterocycles. The van der Waals surface area contributed by atoms with Crippen LogP contribution in [0.2, 0.25) is 0 Å². The van der Waals surface area contributed by atoms with E-state index in [-0.39, 0.29) is 12.4 Å². The van der Waals surface area contributed by atoms with E-state index < -0.39 is 0 Å². The van der Waals surface area contributed by atoms with Crippen LogP contribution in [0.5, 0.6) is 0 Å². The molecule has 0 aliphatic heterocycles. The van der Waals surface area contributed by atoms with Crippen LogP contribution in [0.25, 0.3) is 11.1 Å². The first-order valence-electron chi connectivity index (χ1n) is 5.93. The van der Waals surface area contributed by atoms with Crippen molar-refractivity contribution >= 4 is 5.78 Å². The van der Waals surface area contributed by atoms with Crippen molar-refractivity contribution in [3.63, 3.8) is 0 Å². The van der Waals surface area contributed by atoms with Crippen molar-refractivity contribution in [1.82, 2.24) is 0 Å². The molecule has 0 radical (unpaired) electrons. The molecule has 2 aromatic carbocycles.